The molecule has 0 spiro atoms. The quantitative estimate of drug-likeness (QED) is 0.600. The van der Waals surface area contributed by atoms with Crippen molar-refractivity contribution in [2.24, 2.45) is 0 Å². The summed E-state index contributed by atoms with van der Waals surface area (Å²) in [6, 6.07) is 10.2. The summed E-state index contributed by atoms with van der Waals surface area (Å²) in [5.41, 5.74) is 1.16. The fourth-order valence-corrected chi connectivity index (χ4v) is 2.24. The molecular formula is C18H30N2O3. The smallest absolute Gasteiger partial charge is 0.221 e. The lowest BCUT2D eigenvalue weighted by atomic mass is 10.0. The molecule has 1 N–H and O–H groups in total. The van der Waals surface area contributed by atoms with E-state index in [-0.39, 0.29) is 11.9 Å². The van der Waals surface area contributed by atoms with Crippen molar-refractivity contribution in [2.45, 2.75) is 25.8 Å². The van der Waals surface area contributed by atoms with Crippen LogP contribution in [-0.2, 0) is 14.3 Å². The second-order valence-electron chi connectivity index (χ2n) is 5.60. The molecule has 0 saturated heterocycles. The van der Waals surface area contributed by atoms with Crippen molar-refractivity contribution in [2.75, 3.05) is 47.1 Å². The molecule has 23 heavy (non-hydrogen) atoms. The predicted octanol–water partition coefficient (Wildman–Crippen LogP) is 2.24. The SMILES string of the molecule is CCC(NC(=O)CCN(C)CCOCCOC)c1ccccc1. The zero-order valence-electron chi connectivity index (χ0n) is 14.6. The van der Waals surface area contributed by atoms with E-state index in [9.17, 15) is 4.79 Å². The zero-order valence-corrected chi connectivity index (χ0v) is 14.6. The van der Waals surface area contributed by atoms with Gasteiger partial charge in [-0.25, -0.2) is 0 Å². The van der Waals surface area contributed by atoms with Gasteiger partial charge in [-0.2, -0.15) is 0 Å². The molecule has 1 atom stereocenters. The van der Waals surface area contributed by atoms with Gasteiger partial charge < -0.3 is 19.7 Å². The lowest BCUT2D eigenvalue weighted by Gasteiger charge is -2.20. The van der Waals surface area contributed by atoms with Crippen LogP contribution < -0.4 is 5.32 Å². The number of likely N-dealkylation sites (N-methyl/N-ethyl adjacent to an activating group) is 1. The molecule has 0 aliphatic carbocycles. The molecule has 5 heteroatoms. The van der Waals surface area contributed by atoms with Crippen molar-refractivity contribution < 1.29 is 14.3 Å². The highest BCUT2D eigenvalue weighted by Crippen LogP contribution is 2.15. The van der Waals surface area contributed by atoms with Crippen LogP contribution in [0, 0.1) is 0 Å². The van der Waals surface area contributed by atoms with Crippen molar-refractivity contribution in [3.8, 4) is 0 Å². The van der Waals surface area contributed by atoms with Crippen LogP contribution in [0.2, 0.25) is 0 Å². The minimum atomic E-state index is 0.0892. The van der Waals surface area contributed by atoms with Crippen LogP contribution in [0.25, 0.3) is 0 Å². The molecule has 1 unspecified atom stereocenters. The molecule has 0 saturated carbocycles. The molecule has 5 nitrogen and oxygen atoms in total. The normalized spacial score (nSPS) is 12.3. The molecule has 0 bridgehead atoms. The monoisotopic (exact) mass is 322 g/mol. The molecule has 0 radical (unpaired) electrons. The number of hydrogen-bond donors (Lipinski definition) is 1. The third-order valence-electron chi connectivity index (χ3n) is 3.72. The van der Waals surface area contributed by atoms with Crippen LogP contribution in [0.5, 0.6) is 0 Å². The zero-order chi connectivity index (χ0) is 16.9. The molecule has 1 amide bonds. The van der Waals surface area contributed by atoms with E-state index in [1.54, 1.807) is 7.11 Å². The molecule has 1 rings (SSSR count). The Morgan fingerprint density at radius 1 is 1.17 bits per heavy atom. The second kappa shape index (κ2) is 12.0. The Bertz CT molecular complexity index is 426. The van der Waals surface area contributed by atoms with Gasteiger partial charge in [-0.05, 0) is 19.0 Å². The van der Waals surface area contributed by atoms with Crippen molar-refractivity contribution in [3.63, 3.8) is 0 Å². The molecule has 0 aliphatic heterocycles. The Morgan fingerprint density at radius 3 is 2.57 bits per heavy atom. The number of carbonyl (C=O) groups is 1. The first-order chi connectivity index (χ1) is 11.2. The summed E-state index contributed by atoms with van der Waals surface area (Å²) in [6.45, 7) is 5.51. The number of benzene rings is 1. The van der Waals surface area contributed by atoms with Gasteiger partial charge in [-0.1, -0.05) is 37.3 Å². The lowest BCUT2D eigenvalue weighted by molar-refractivity contribution is -0.122. The van der Waals surface area contributed by atoms with E-state index < -0.39 is 0 Å². The van der Waals surface area contributed by atoms with Gasteiger partial charge in [0.1, 0.15) is 0 Å². The molecule has 0 aliphatic rings. The van der Waals surface area contributed by atoms with Gasteiger partial charge in [0.25, 0.3) is 0 Å². The summed E-state index contributed by atoms with van der Waals surface area (Å²) in [5.74, 6) is 0.0906. The molecule has 1 aromatic carbocycles. The number of methoxy groups -OCH3 is 1. The summed E-state index contributed by atoms with van der Waals surface area (Å²) in [7, 11) is 3.66. The first-order valence-corrected chi connectivity index (χ1v) is 8.27. The summed E-state index contributed by atoms with van der Waals surface area (Å²) in [5, 5.41) is 3.11. The average Bonchev–Trinajstić information content (AvgIpc) is 2.58. The van der Waals surface area contributed by atoms with E-state index >= 15 is 0 Å². The number of ether oxygens (including phenoxy) is 2. The number of hydrogen-bond acceptors (Lipinski definition) is 4. The van der Waals surface area contributed by atoms with Crippen molar-refractivity contribution in [3.05, 3.63) is 35.9 Å². The number of amides is 1. The van der Waals surface area contributed by atoms with E-state index in [2.05, 4.69) is 29.3 Å². The summed E-state index contributed by atoms with van der Waals surface area (Å²) in [6.07, 6.45) is 1.39. The minimum absolute atomic E-state index is 0.0892. The molecule has 0 fully saturated rings. The standard InChI is InChI=1S/C18H30N2O3/c1-4-17(16-8-6-5-7-9-16)19-18(21)10-11-20(2)12-13-23-15-14-22-3/h5-9,17H,4,10-15H2,1-3H3,(H,19,21). The third-order valence-corrected chi connectivity index (χ3v) is 3.72. The van der Waals surface area contributed by atoms with E-state index in [0.29, 0.717) is 26.2 Å². The Morgan fingerprint density at radius 2 is 1.91 bits per heavy atom. The number of nitrogens with zero attached hydrogens (tertiary/aromatic N) is 1. The van der Waals surface area contributed by atoms with E-state index in [1.807, 2.05) is 25.2 Å². The van der Waals surface area contributed by atoms with Gasteiger partial charge in [0, 0.05) is 26.6 Å². The van der Waals surface area contributed by atoms with Gasteiger partial charge in [-0.3, -0.25) is 4.79 Å². The van der Waals surface area contributed by atoms with Gasteiger partial charge >= 0.3 is 0 Å². The van der Waals surface area contributed by atoms with Crippen LogP contribution in [0.1, 0.15) is 31.4 Å². The summed E-state index contributed by atoms with van der Waals surface area (Å²) >= 11 is 0. The minimum Gasteiger partial charge on any atom is -0.382 e. The van der Waals surface area contributed by atoms with Crippen molar-refractivity contribution >= 4 is 5.91 Å². The van der Waals surface area contributed by atoms with Crippen LogP contribution in [0.15, 0.2) is 30.3 Å². The molecule has 130 valence electrons. The highest BCUT2D eigenvalue weighted by molar-refractivity contribution is 5.76. The van der Waals surface area contributed by atoms with Gasteiger partial charge in [0.2, 0.25) is 5.91 Å². The average molecular weight is 322 g/mol. The predicted molar refractivity (Wildman–Crippen MR) is 92.4 cm³/mol. The summed E-state index contributed by atoms with van der Waals surface area (Å²) < 4.78 is 10.3. The van der Waals surface area contributed by atoms with Crippen molar-refractivity contribution in [1.29, 1.82) is 0 Å². The van der Waals surface area contributed by atoms with E-state index in [4.69, 9.17) is 9.47 Å². The maximum atomic E-state index is 12.1. The van der Waals surface area contributed by atoms with Crippen LogP contribution in [-0.4, -0.2) is 57.9 Å². The van der Waals surface area contributed by atoms with E-state index in [0.717, 1.165) is 25.1 Å². The van der Waals surface area contributed by atoms with Gasteiger partial charge in [0.15, 0.2) is 0 Å². The second-order valence-corrected chi connectivity index (χ2v) is 5.60. The summed E-state index contributed by atoms with van der Waals surface area (Å²) in [4.78, 5) is 14.2. The third kappa shape index (κ3) is 8.69. The fourth-order valence-electron chi connectivity index (χ4n) is 2.24. The molecule has 0 aromatic heterocycles. The van der Waals surface area contributed by atoms with Crippen molar-refractivity contribution in [1.82, 2.24) is 10.2 Å². The Kier molecular flexibility index (Phi) is 10.3. The molecule has 0 heterocycles. The first-order valence-electron chi connectivity index (χ1n) is 8.27. The highest BCUT2D eigenvalue weighted by atomic mass is 16.5. The Labute approximate surface area is 140 Å². The van der Waals surface area contributed by atoms with E-state index in [1.165, 1.54) is 0 Å². The van der Waals surface area contributed by atoms with Crippen LogP contribution in [0.4, 0.5) is 0 Å². The fraction of sp³-hybridized carbons (Fsp3) is 0.611. The topological polar surface area (TPSA) is 50.8 Å². The largest absolute Gasteiger partial charge is 0.382 e. The maximum absolute atomic E-state index is 12.1. The van der Waals surface area contributed by atoms with Crippen LogP contribution in [0.3, 0.4) is 0 Å². The Hall–Kier alpha value is -1.43. The molecular weight excluding hydrogens is 292 g/mol. The molecule has 1 aromatic rings. The number of rotatable bonds is 12. The highest BCUT2D eigenvalue weighted by Gasteiger charge is 2.12. The number of nitrogens with one attached hydrogen (secondary N) is 1. The van der Waals surface area contributed by atoms with Gasteiger partial charge in [-0.15, -0.1) is 0 Å². The Balaban J connectivity index is 2.22. The van der Waals surface area contributed by atoms with Crippen LogP contribution >= 0.6 is 0 Å². The van der Waals surface area contributed by atoms with Gasteiger partial charge in [0.05, 0.1) is 25.9 Å². The first kappa shape index (κ1) is 19.6. The maximum Gasteiger partial charge on any atom is 0.221 e. The number of carbonyl (C=O) groups excluding carboxylic acids is 1. The lowest BCUT2D eigenvalue weighted by Crippen LogP contribution is -2.32.